The summed E-state index contributed by atoms with van der Waals surface area (Å²) in [7, 11) is 0. The van der Waals surface area contributed by atoms with E-state index in [1.807, 2.05) is 6.07 Å². The van der Waals surface area contributed by atoms with Crippen molar-refractivity contribution in [3.05, 3.63) is 52.0 Å². The highest BCUT2D eigenvalue weighted by Gasteiger charge is 2.21. The lowest BCUT2D eigenvalue weighted by molar-refractivity contribution is -0.384. The van der Waals surface area contributed by atoms with Gasteiger partial charge in [-0.2, -0.15) is 5.26 Å². The van der Waals surface area contributed by atoms with Crippen LogP contribution < -0.4 is 0 Å². The molecule has 8 nitrogen and oxygen atoms in total. The maximum Gasteiger partial charge on any atom is 0.354 e. The Morgan fingerprint density at radius 1 is 1.47 bits per heavy atom. The molecule has 0 aliphatic rings. The van der Waals surface area contributed by atoms with Crippen molar-refractivity contribution in [2.75, 3.05) is 0 Å². The maximum atomic E-state index is 10.9. The summed E-state index contributed by atoms with van der Waals surface area (Å²) in [6.07, 6.45) is 1.40. The molecule has 2 aromatic rings. The summed E-state index contributed by atoms with van der Waals surface area (Å²) in [5.41, 5.74) is -0.589. The minimum Gasteiger partial charge on any atom is -0.477 e. The number of rotatable bonds is 3. The molecule has 1 N–H and O–H groups in total. The highest BCUT2D eigenvalue weighted by molar-refractivity contribution is 5.86. The molecule has 0 atom stereocenters. The number of aromatic carboxylic acids is 1. The summed E-state index contributed by atoms with van der Waals surface area (Å²) >= 11 is 0. The fourth-order valence-corrected chi connectivity index (χ4v) is 1.54. The fraction of sp³-hybridized carbons (Fsp3) is 0. The van der Waals surface area contributed by atoms with Crippen molar-refractivity contribution in [2.45, 2.75) is 0 Å². The second kappa shape index (κ2) is 4.58. The second-order valence-corrected chi connectivity index (χ2v) is 3.48. The van der Waals surface area contributed by atoms with Crippen molar-refractivity contribution in [3.8, 4) is 11.9 Å². The molecule has 0 amide bonds. The third-order valence-electron chi connectivity index (χ3n) is 2.36. The number of nitrogens with zero attached hydrogens (tertiary/aromatic N) is 4. The normalized spacial score (nSPS) is 9.84. The minimum absolute atomic E-state index is 0.123. The molecule has 0 bridgehead atoms. The van der Waals surface area contributed by atoms with Crippen LogP contribution in [-0.4, -0.2) is 25.6 Å². The Labute approximate surface area is 106 Å². The van der Waals surface area contributed by atoms with Gasteiger partial charge in [0, 0.05) is 12.3 Å². The Kier molecular flexibility index (Phi) is 2.95. The first-order chi connectivity index (χ1) is 9.04. The average molecular weight is 258 g/mol. The van der Waals surface area contributed by atoms with Crippen LogP contribution in [0.1, 0.15) is 16.2 Å². The van der Waals surface area contributed by atoms with E-state index in [1.165, 1.54) is 22.9 Å². The molecule has 0 saturated carbocycles. The Bertz CT molecular complexity index is 714. The van der Waals surface area contributed by atoms with Crippen molar-refractivity contribution >= 4 is 11.7 Å². The van der Waals surface area contributed by atoms with Gasteiger partial charge in [-0.15, -0.1) is 0 Å². The van der Waals surface area contributed by atoms with E-state index in [1.54, 1.807) is 0 Å². The minimum atomic E-state index is -1.30. The number of nitriles is 1. The molecule has 8 heteroatoms. The van der Waals surface area contributed by atoms with Gasteiger partial charge >= 0.3 is 11.7 Å². The van der Waals surface area contributed by atoms with E-state index < -0.39 is 10.9 Å². The van der Waals surface area contributed by atoms with Crippen LogP contribution in [0.25, 0.3) is 5.82 Å². The number of nitro groups is 1. The number of hydrogen-bond acceptors (Lipinski definition) is 5. The highest BCUT2D eigenvalue weighted by atomic mass is 16.6. The molecule has 94 valence electrons. The van der Waals surface area contributed by atoms with Crippen molar-refractivity contribution in [2.24, 2.45) is 0 Å². The monoisotopic (exact) mass is 258 g/mol. The van der Waals surface area contributed by atoms with Crippen LogP contribution in [0, 0.1) is 21.4 Å². The van der Waals surface area contributed by atoms with Crippen molar-refractivity contribution < 1.29 is 14.8 Å². The van der Waals surface area contributed by atoms with Crippen LogP contribution in [0.5, 0.6) is 0 Å². The molecule has 2 aromatic heterocycles. The van der Waals surface area contributed by atoms with Crippen LogP contribution in [0.15, 0.2) is 30.5 Å². The van der Waals surface area contributed by atoms with Gasteiger partial charge < -0.3 is 5.11 Å². The molecule has 0 aliphatic heterocycles. The first-order valence-electron chi connectivity index (χ1n) is 5.01. The predicted octanol–water partition coefficient (Wildman–Crippen LogP) is 1.35. The van der Waals surface area contributed by atoms with E-state index in [9.17, 15) is 14.9 Å². The number of aromatic nitrogens is 2. The summed E-state index contributed by atoms with van der Waals surface area (Å²) in [4.78, 5) is 24.8. The van der Waals surface area contributed by atoms with Crippen LogP contribution >= 0.6 is 0 Å². The molecule has 0 aliphatic carbocycles. The quantitative estimate of drug-likeness (QED) is 0.654. The van der Waals surface area contributed by atoms with Crippen LogP contribution in [0.3, 0.4) is 0 Å². The summed E-state index contributed by atoms with van der Waals surface area (Å²) in [6, 6.07) is 6.89. The summed E-state index contributed by atoms with van der Waals surface area (Å²) in [5, 5.41) is 28.7. The Hall–Kier alpha value is -3.21. The standard InChI is InChI=1S/C11H6N4O4/c12-6-7-2-1-5-14(7)10-9(15(18)19)4-3-8(13-10)11(16)17/h1-5H,(H,16,17). The van der Waals surface area contributed by atoms with E-state index in [0.29, 0.717) is 0 Å². The number of carboxylic acid groups (broad SMARTS) is 1. The molecule has 19 heavy (non-hydrogen) atoms. The molecular weight excluding hydrogens is 252 g/mol. The summed E-state index contributed by atoms with van der Waals surface area (Å²) in [6.45, 7) is 0. The lowest BCUT2D eigenvalue weighted by atomic mass is 10.3. The molecule has 0 spiro atoms. The molecule has 2 heterocycles. The van der Waals surface area contributed by atoms with E-state index in [-0.39, 0.29) is 22.9 Å². The van der Waals surface area contributed by atoms with Gasteiger partial charge in [0.15, 0.2) is 5.69 Å². The number of pyridine rings is 1. The van der Waals surface area contributed by atoms with Crippen molar-refractivity contribution in [1.82, 2.24) is 9.55 Å². The van der Waals surface area contributed by atoms with E-state index >= 15 is 0 Å². The van der Waals surface area contributed by atoms with Gasteiger partial charge in [-0.1, -0.05) is 0 Å². The average Bonchev–Trinajstić information content (AvgIpc) is 2.85. The largest absolute Gasteiger partial charge is 0.477 e. The molecule has 0 fully saturated rings. The SMILES string of the molecule is N#Cc1cccn1-c1nc(C(=O)O)ccc1[N+](=O)[O-]. The molecule has 0 unspecified atom stereocenters. The summed E-state index contributed by atoms with van der Waals surface area (Å²) in [5.74, 6) is -1.51. The number of carboxylic acids is 1. The molecule has 0 radical (unpaired) electrons. The topological polar surface area (TPSA) is 122 Å². The molecule has 0 aromatic carbocycles. The zero-order valence-electron chi connectivity index (χ0n) is 9.35. The Morgan fingerprint density at radius 3 is 2.79 bits per heavy atom. The van der Waals surface area contributed by atoms with Gasteiger partial charge in [0.1, 0.15) is 11.8 Å². The number of carbonyl (C=O) groups is 1. The highest BCUT2D eigenvalue weighted by Crippen LogP contribution is 2.22. The zero-order chi connectivity index (χ0) is 14.0. The van der Waals surface area contributed by atoms with Crippen molar-refractivity contribution in [1.29, 1.82) is 5.26 Å². The van der Waals surface area contributed by atoms with Crippen LogP contribution in [0.4, 0.5) is 5.69 Å². The van der Waals surface area contributed by atoms with Crippen molar-refractivity contribution in [3.63, 3.8) is 0 Å². The predicted molar refractivity (Wildman–Crippen MR) is 61.9 cm³/mol. The lowest BCUT2D eigenvalue weighted by Crippen LogP contribution is -2.08. The van der Waals surface area contributed by atoms with Gasteiger partial charge in [0.2, 0.25) is 5.82 Å². The van der Waals surface area contributed by atoms with Gasteiger partial charge in [0.05, 0.1) is 4.92 Å². The Balaban J connectivity index is 2.72. The van der Waals surface area contributed by atoms with E-state index in [4.69, 9.17) is 10.4 Å². The van der Waals surface area contributed by atoms with Gasteiger partial charge in [-0.25, -0.2) is 9.78 Å². The third-order valence-corrected chi connectivity index (χ3v) is 2.36. The maximum absolute atomic E-state index is 10.9. The number of hydrogen-bond donors (Lipinski definition) is 1. The fourth-order valence-electron chi connectivity index (χ4n) is 1.54. The van der Waals surface area contributed by atoms with E-state index in [0.717, 1.165) is 12.1 Å². The summed E-state index contributed by atoms with van der Waals surface area (Å²) < 4.78 is 1.17. The second-order valence-electron chi connectivity index (χ2n) is 3.48. The van der Waals surface area contributed by atoms with Gasteiger partial charge in [-0.05, 0) is 18.2 Å². The Morgan fingerprint density at radius 2 is 2.21 bits per heavy atom. The third kappa shape index (κ3) is 2.12. The first-order valence-corrected chi connectivity index (χ1v) is 5.01. The molecule has 0 saturated heterocycles. The first kappa shape index (κ1) is 12.3. The molecular formula is C11H6N4O4. The van der Waals surface area contributed by atoms with Crippen LogP contribution in [-0.2, 0) is 0 Å². The zero-order valence-corrected chi connectivity index (χ0v) is 9.35. The van der Waals surface area contributed by atoms with Gasteiger partial charge in [-0.3, -0.25) is 14.7 Å². The van der Waals surface area contributed by atoms with Crippen LogP contribution in [0.2, 0.25) is 0 Å². The lowest BCUT2D eigenvalue weighted by Gasteiger charge is -2.05. The molecule has 2 rings (SSSR count). The van der Waals surface area contributed by atoms with Gasteiger partial charge in [0.25, 0.3) is 0 Å². The smallest absolute Gasteiger partial charge is 0.354 e. The van der Waals surface area contributed by atoms with E-state index in [2.05, 4.69) is 4.98 Å².